The number of benzene rings is 3. The molecule has 0 aliphatic heterocycles. The number of anilines is 2. The summed E-state index contributed by atoms with van der Waals surface area (Å²) in [5.41, 5.74) is 13.2. The van der Waals surface area contributed by atoms with Gasteiger partial charge in [0.05, 0.1) is 6.61 Å². The molecule has 4 N–H and O–H groups in total. The van der Waals surface area contributed by atoms with Crippen molar-refractivity contribution in [3.05, 3.63) is 89.5 Å². The highest BCUT2D eigenvalue weighted by molar-refractivity contribution is 7.99. The first-order valence-corrected chi connectivity index (χ1v) is 13.9. The molecule has 0 spiro atoms. The Morgan fingerprint density at radius 2 is 1.65 bits per heavy atom. The number of nitrogens with zero attached hydrogens (tertiary/aromatic N) is 1. The van der Waals surface area contributed by atoms with E-state index in [9.17, 15) is 0 Å². The van der Waals surface area contributed by atoms with Gasteiger partial charge in [0.2, 0.25) is 0 Å². The SMILES string of the molecule is CC.CCCc1ccccc1N.CCNOCc1ccc(Sc2cc3ccccc3c(NC)n2)cc1C. The molecule has 0 radical (unpaired) electrons. The number of nitrogens with two attached hydrogens (primary N) is 1. The van der Waals surface area contributed by atoms with Crippen LogP contribution in [0.3, 0.4) is 0 Å². The average molecular weight is 519 g/mol. The van der Waals surface area contributed by atoms with Crippen molar-refractivity contribution >= 4 is 34.0 Å². The highest BCUT2D eigenvalue weighted by Crippen LogP contribution is 2.32. The molecule has 37 heavy (non-hydrogen) atoms. The van der Waals surface area contributed by atoms with Gasteiger partial charge in [0.25, 0.3) is 0 Å². The third kappa shape index (κ3) is 9.39. The molecule has 1 aromatic heterocycles. The second-order valence-corrected chi connectivity index (χ2v) is 9.30. The second-order valence-electron chi connectivity index (χ2n) is 8.21. The lowest BCUT2D eigenvalue weighted by atomic mass is 10.1. The largest absolute Gasteiger partial charge is 0.399 e. The van der Waals surface area contributed by atoms with Crippen LogP contribution in [0.1, 0.15) is 50.8 Å². The summed E-state index contributed by atoms with van der Waals surface area (Å²) in [6.45, 7) is 11.7. The third-order valence-electron chi connectivity index (χ3n) is 5.54. The van der Waals surface area contributed by atoms with Crippen LogP contribution in [0.4, 0.5) is 11.5 Å². The Kier molecular flexibility index (Phi) is 13.6. The summed E-state index contributed by atoms with van der Waals surface area (Å²) in [4.78, 5) is 11.3. The minimum Gasteiger partial charge on any atom is -0.399 e. The molecule has 6 heteroatoms. The number of hydrogen-bond donors (Lipinski definition) is 3. The highest BCUT2D eigenvalue weighted by atomic mass is 32.2. The van der Waals surface area contributed by atoms with E-state index < -0.39 is 0 Å². The van der Waals surface area contributed by atoms with Crippen LogP contribution in [-0.4, -0.2) is 18.6 Å². The number of nitrogen functional groups attached to an aromatic ring is 1. The average Bonchev–Trinajstić information content (AvgIpc) is 2.92. The maximum absolute atomic E-state index is 5.71. The minimum absolute atomic E-state index is 0.572. The number of rotatable bonds is 9. The van der Waals surface area contributed by atoms with Gasteiger partial charge in [-0.2, -0.15) is 0 Å². The fourth-order valence-electron chi connectivity index (χ4n) is 3.69. The van der Waals surface area contributed by atoms with Crippen molar-refractivity contribution in [2.24, 2.45) is 0 Å². The maximum Gasteiger partial charge on any atom is 0.134 e. The smallest absolute Gasteiger partial charge is 0.134 e. The van der Waals surface area contributed by atoms with Crippen LogP contribution in [0.15, 0.2) is 82.7 Å². The summed E-state index contributed by atoms with van der Waals surface area (Å²) in [5, 5.41) is 6.51. The van der Waals surface area contributed by atoms with Crippen LogP contribution in [0, 0.1) is 6.92 Å². The molecular weight excluding hydrogens is 476 g/mol. The first kappa shape index (κ1) is 30.2. The van der Waals surface area contributed by atoms with E-state index in [1.807, 2.05) is 52.1 Å². The number of hydrogen-bond acceptors (Lipinski definition) is 6. The lowest BCUT2D eigenvalue weighted by Gasteiger charge is -2.11. The molecule has 198 valence electrons. The molecule has 4 rings (SSSR count). The fourth-order valence-corrected chi connectivity index (χ4v) is 4.63. The van der Waals surface area contributed by atoms with E-state index in [0.29, 0.717) is 6.61 Å². The Morgan fingerprint density at radius 1 is 0.919 bits per heavy atom. The molecule has 0 saturated carbocycles. The van der Waals surface area contributed by atoms with E-state index in [2.05, 4.69) is 73.2 Å². The number of pyridine rings is 1. The molecule has 0 amide bonds. The van der Waals surface area contributed by atoms with E-state index in [0.717, 1.165) is 41.3 Å². The fraction of sp³-hybridized carbons (Fsp3) is 0.323. The predicted octanol–water partition coefficient (Wildman–Crippen LogP) is 8.02. The van der Waals surface area contributed by atoms with Gasteiger partial charge in [-0.25, -0.2) is 10.5 Å². The molecular formula is C31H42N4OS. The van der Waals surface area contributed by atoms with Crippen molar-refractivity contribution in [1.29, 1.82) is 0 Å². The summed E-state index contributed by atoms with van der Waals surface area (Å²) in [6, 6.07) is 24.9. The third-order valence-corrected chi connectivity index (χ3v) is 6.45. The first-order chi connectivity index (χ1) is 18.0. The van der Waals surface area contributed by atoms with Gasteiger partial charge in [-0.1, -0.05) is 94.4 Å². The summed E-state index contributed by atoms with van der Waals surface area (Å²) >= 11 is 1.68. The van der Waals surface area contributed by atoms with Crippen molar-refractivity contribution in [1.82, 2.24) is 10.5 Å². The Balaban J connectivity index is 0.000000336. The summed E-state index contributed by atoms with van der Waals surface area (Å²) in [6.07, 6.45) is 2.25. The maximum atomic E-state index is 5.71. The Morgan fingerprint density at radius 3 is 2.32 bits per heavy atom. The van der Waals surface area contributed by atoms with Crippen LogP contribution in [0.2, 0.25) is 0 Å². The molecule has 4 aromatic rings. The van der Waals surface area contributed by atoms with Crippen LogP contribution >= 0.6 is 11.8 Å². The van der Waals surface area contributed by atoms with E-state index in [1.165, 1.54) is 27.0 Å². The van der Waals surface area contributed by atoms with Crippen LogP contribution in [-0.2, 0) is 17.9 Å². The number of para-hydroxylation sites is 1. The van der Waals surface area contributed by atoms with E-state index in [1.54, 1.807) is 11.8 Å². The van der Waals surface area contributed by atoms with E-state index in [-0.39, 0.29) is 0 Å². The van der Waals surface area contributed by atoms with Gasteiger partial charge < -0.3 is 11.1 Å². The minimum atomic E-state index is 0.572. The lowest BCUT2D eigenvalue weighted by molar-refractivity contribution is 0.0311. The van der Waals surface area contributed by atoms with E-state index >= 15 is 0 Å². The number of fused-ring (bicyclic) bond motifs is 1. The van der Waals surface area contributed by atoms with Crippen molar-refractivity contribution in [3.8, 4) is 0 Å². The Labute approximate surface area is 227 Å². The quantitative estimate of drug-likeness (QED) is 0.118. The molecule has 1 heterocycles. The van der Waals surface area contributed by atoms with Crippen molar-refractivity contribution < 1.29 is 4.84 Å². The van der Waals surface area contributed by atoms with Gasteiger partial charge in [-0.05, 0) is 59.7 Å². The zero-order valence-electron chi connectivity index (χ0n) is 23.1. The molecule has 0 fully saturated rings. The Hall–Kier alpha value is -3.06. The Bertz CT molecular complexity index is 1230. The van der Waals surface area contributed by atoms with Crippen LogP contribution in [0.25, 0.3) is 10.8 Å². The zero-order valence-corrected chi connectivity index (χ0v) is 23.9. The molecule has 0 atom stereocenters. The van der Waals surface area contributed by atoms with Gasteiger partial charge in [0.15, 0.2) is 0 Å². The molecule has 0 saturated heterocycles. The summed E-state index contributed by atoms with van der Waals surface area (Å²) in [7, 11) is 1.91. The van der Waals surface area contributed by atoms with Gasteiger partial charge >= 0.3 is 0 Å². The molecule has 0 unspecified atom stereocenters. The van der Waals surface area contributed by atoms with Crippen molar-refractivity contribution in [2.45, 2.75) is 64.0 Å². The molecule has 5 nitrogen and oxygen atoms in total. The van der Waals surface area contributed by atoms with Gasteiger partial charge in [-0.15, -0.1) is 0 Å². The molecule has 0 aliphatic carbocycles. The molecule has 0 bridgehead atoms. The summed E-state index contributed by atoms with van der Waals surface area (Å²) < 4.78 is 0. The predicted molar refractivity (Wildman–Crippen MR) is 161 cm³/mol. The van der Waals surface area contributed by atoms with Gasteiger partial charge in [0.1, 0.15) is 10.8 Å². The zero-order chi connectivity index (χ0) is 27.0. The highest BCUT2D eigenvalue weighted by Gasteiger charge is 2.08. The number of nitrogens with one attached hydrogen (secondary N) is 2. The number of hydroxylamine groups is 1. The number of aryl methyl sites for hydroxylation is 2. The van der Waals surface area contributed by atoms with E-state index in [4.69, 9.17) is 15.6 Å². The van der Waals surface area contributed by atoms with Crippen molar-refractivity contribution in [2.75, 3.05) is 24.6 Å². The summed E-state index contributed by atoms with van der Waals surface area (Å²) in [5.74, 6) is 0.910. The normalized spacial score (nSPS) is 10.2. The van der Waals surface area contributed by atoms with Crippen LogP contribution in [0.5, 0.6) is 0 Å². The second kappa shape index (κ2) is 16.6. The first-order valence-electron chi connectivity index (χ1n) is 13.1. The number of aromatic nitrogens is 1. The monoisotopic (exact) mass is 518 g/mol. The lowest BCUT2D eigenvalue weighted by Crippen LogP contribution is -2.13. The van der Waals surface area contributed by atoms with Crippen LogP contribution < -0.4 is 16.5 Å². The molecule has 3 aromatic carbocycles. The van der Waals surface area contributed by atoms with Gasteiger partial charge in [0, 0.05) is 29.6 Å². The molecule has 0 aliphatic rings. The van der Waals surface area contributed by atoms with Crippen molar-refractivity contribution in [3.63, 3.8) is 0 Å². The van der Waals surface area contributed by atoms with Gasteiger partial charge in [-0.3, -0.25) is 4.84 Å². The topological polar surface area (TPSA) is 72.2 Å². The standard InChI is InChI=1S/C20H23N3OS.C9H13N.C2H6/c1-4-22-24-13-16-9-10-17(11-14(16)2)25-19-12-15-7-5-6-8-18(15)20(21-3)23-19;1-2-5-8-6-3-4-7-9(8)10;1-2/h5-12,22H,4,13H2,1-3H3,(H,21,23);3-4,6-7H,2,5,10H2,1H3;1-2H3.